The number of nitrogens with zero attached hydrogens (tertiary/aromatic N) is 1. The number of phenols is 1. The second kappa shape index (κ2) is 9.65. The van der Waals surface area contributed by atoms with Gasteiger partial charge in [0.25, 0.3) is 0 Å². The number of methoxy groups -OCH3 is 1. The van der Waals surface area contributed by atoms with Crippen LogP contribution in [0.4, 0.5) is 4.39 Å². The Morgan fingerprint density at radius 2 is 1.83 bits per heavy atom. The van der Waals surface area contributed by atoms with Crippen LogP contribution >= 0.6 is 0 Å². The van der Waals surface area contributed by atoms with Gasteiger partial charge in [-0.1, -0.05) is 0 Å². The highest BCUT2D eigenvalue weighted by molar-refractivity contribution is 5.99. The second-order valence-electron chi connectivity index (χ2n) is 7.40. The summed E-state index contributed by atoms with van der Waals surface area (Å²) in [5, 5.41) is 9.90. The summed E-state index contributed by atoms with van der Waals surface area (Å²) in [5.41, 5.74) is 0.849. The summed E-state index contributed by atoms with van der Waals surface area (Å²) in [6.07, 6.45) is 2.56. The molecular weight excluding hydrogens is 373 g/mol. The van der Waals surface area contributed by atoms with Crippen molar-refractivity contribution in [2.45, 2.75) is 25.7 Å². The second-order valence-corrected chi connectivity index (χ2v) is 7.40. The van der Waals surface area contributed by atoms with Gasteiger partial charge in [0.1, 0.15) is 17.3 Å². The molecule has 0 spiro atoms. The number of ketones is 2. The van der Waals surface area contributed by atoms with E-state index in [4.69, 9.17) is 4.74 Å². The molecule has 2 aromatic carbocycles. The van der Waals surface area contributed by atoms with Crippen molar-refractivity contribution in [1.29, 1.82) is 0 Å². The molecule has 0 aliphatic carbocycles. The monoisotopic (exact) mass is 399 g/mol. The molecule has 6 heteroatoms. The Hall–Kier alpha value is -2.73. The molecule has 1 fully saturated rings. The lowest BCUT2D eigenvalue weighted by molar-refractivity contribution is 0.0837. The fraction of sp³-hybridized carbons (Fsp3) is 0.391. The molecule has 2 aromatic rings. The van der Waals surface area contributed by atoms with Gasteiger partial charge in [-0.2, -0.15) is 0 Å². The largest absolute Gasteiger partial charge is 0.507 e. The third-order valence-corrected chi connectivity index (χ3v) is 5.47. The zero-order valence-corrected chi connectivity index (χ0v) is 16.6. The number of piperidine rings is 1. The maximum absolute atomic E-state index is 13.0. The van der Waals surface area contributed by atoms with Gasteiger partial charge in [-0.25, -0.2) is 4.39 Å². The molecule has 5 nitrogen and oxygen atoms in total. The Balaban J connectivity index is 1.44. The smallest absolute Gasteiger partial charge is 0.166 e. The van der Waals surface area contributed by atoms with Crippen LogP contribution in [0.1, 0.15) is 46.4 Å². The first-order chi connectivity index (χ1) is 14.0. The summed E-state index contributed by atoms with van der Waals surface area (Å²) in [6, 6.07) is 10.4. The van der Waals surface area contributed by atoms with Crippen molar-refractivity contribution in [3.63, 3.8) is 0 Å². The fourth-order valence-electron chi connectivity index (χ4n) is 3.73. The van der Waals surface area contributed by atoms with Crippen molar-refractivity contribution >= 4 is 11.6 Å². The summed E-state index contributed by atoms with van der Waals surface area (Å²) in [5.74, 6) is 0.103. The molecular formula is C23H26FNO4. The fourth-order valence-corrected chi connectivity index (χ4v) is 3.73. The number of carbonyl (C=O) groups is 2. The molecule has 0 aromatic heterocycles. The number of carbonyl (C=O) groups excluding carboxylic acids is 2. The molecule has 3 rings (SSSR count). The van der Waals surface area contributed by atoms with Gasteiger partial charge in [0, 0.05) is 17.9 Å². The Morgan fingerprint density at radius 3 is 2.48 bits per heavy atom. The Bertz CT molecular complexity index is 858. The predicted octanol–water partition coefficient (Wildman–Crippen LogP) is 4.10. The van der Waals surface area contributed by atoms with Crippen LogP contribution in [0.5, 0.6) is 11.5 Å². The van der Waals surface area contributed by atoms with Crippen molar-refractivity contribution in [3.8, 4) is 11.5 Å². The van der Waals surface area contributed by atoms with Crippen molar-refractivity contribution in [2.24, 2.45) is 5.92 Å². The highest BCUT2D eigenvalue weighted by Crippen LogP contribution is 2.25. The van der Waals surface area contributed by atoms with E-state index in [1.165, 1.54) is 25.3 Å². The number of hydrogen-bond donors (Lipinski definition) is 1. The number of ether oxygens (including phenoxy) is 1. The lowest BCUT2D eigenvalue weighted by Crippen LogP contribution is -2.37. The topological polar surface area (TPSA) is 66.8 Å². The SMILES string of the molecule is COc1ccc(O)c(C(=O)CCCN2CCC(C(=O)c3ccc(F)cc3)CC2)c1. The minimum absolute atomic E-state index is 0.0316. The van der Waals surface area contributed by atoms with Gasteiger partial charge >= 0.3 is 0 Å². The van der Waals surface area contributed by atoms with E-state index in [0.717, 1.165) is 32.5 Å². The quantitative estimate of drug-likeness (QED) is 0.677. The van der Waals surface area contributed by atoms with Crippen LogP contribution in [0.2, 0.25) is 0 Å². The Kier molecular flexibility index (Phi) is 6.99. The van der Waals surface area contributed by atoms with E-state index in [2.05, 4.69) is 4.90 Å². The number of halogens is 1. The molecule has 1 aliphatic rings. The standard InChI is InChI=1S/C23H26FNO4/c1-29-19-8-9-22(27)20(15-19)21(26)3-2-12-25-13-10-17(11-14-25)23(28)16-4-6-18(24)7-5-16/h4-9,15,17,27H,2-3,10-14H2,1H3. The summed E-state index contributed by atoms with van der Waals surface area (Å²) in [4.78, 5) is 27.2. The number of benzene rings is 2. The van der Waals surface area contributed by atoms with Gasteiger partial charge in [0.15, 0.2) is 11.6 Å². The zero-order chi connectivity index (χ0) is 20.8. The van der Waals surface area contributed by atoms with E-state index in [0.29, 0.717) is 24.2 Å². The molecule has 1 saturated heterocycles. The van der Waals surface area contributed by atoms with Crippen LogP contribution in [0.25, 0.3) is 0 Å². The van der Waals surface area contributed by atoms with Crippen molar-refractivity contribution in [3.05, 3.63) is 59.4 Å². The third kappa shape index (κ3) is 5.41. The van der Waals surface area contributed by atoms with Crippen molar-refractivity contribution in [2.75, 3.05) is 26.7 Å². The van der Waals surface area contributed by atoms with Crippen LogP contribution in [-0.4, -0.2) is 48.3 Å². The first kappa shape index (κ1) is 21.0. The van der Waals surface area contributed by atoms with Crippen LogP contribution in [0.3, 0.4) is 0 Å². The van der Waals surface area contributed by atoms with Gasteiger partial charge < -0.3 is 14.7 Å². The van der Waals surface area contributed by atoms with E-state index in [9.17, 15) is 19.1 Å². The van der Waals surface area contributed by atoms with Crippen LogP contribution < -0.4 is 4.74 Å². The van der Waals surface area contributed by atoms with Gasteiger partial charge in [-0.15, -0.1) is 0 Å². The van der Waals surface area contributed by atoms with Gasteiger partial charge in [0.2, 0.25) is 0 Å². The lowest BCUT2D eigenvalue weighted by atomic mass is 9.89. The molecule has 1 N–H and O–H groups in total. The van der Waals surface area contributed by atoms with Gasteiger partial charge in [-0.05, 0) is 81.4 Å². The van der Waals surface area contributed by atoms with Crippen LogP contribution in [-0.2, 0) is 0 Å². The molecule has 1 aliphatic heterocycles. The molecule has 0 bridgehead atoms. The first-order valence-electron chi connectivity index (χ1n) is 9.90. The highest BCUT2D eigenvalue weighted by Gasteiger charge is 2.25. The minimum atomic E-state index is -0.340. The first-order valence-corrected chi connectivity index (χ1v) is 9.90. The van der Waals surface area contributed by atoms with E-state index in [1.54, 1.807) is 24.3 Å². The highest BCUT2D eigenvalue weighted by atomic mass is 19.1. The van der Waals surface area contributed by atoms with Crippen LogP contribution in [0.15, 0.2) is 42.5 Å². The van der Waals surface area contributed by atoms with Crippen molar-refractivity contribution in [1.82, 2.24) is 4.90 Å². The normalized spacial score (nSPS) is 15.2. The van der Waals surface area contributed by atoms with E-state index < -0.39 is 0 Å². The number of hydrogen-bond acceptors (Lipinski definition) is 5. The number of rotatable bonds is 8. The zero-order valence-electron chi connectivity index (χ0n) is 16.6. The number of aromatic hydroxyl groups is 1. The Labute approximate surface area is 170 Å². The maximum atomic E-state index is 13.0. The molecule has 0 atom stereocenters. The molecule has 0 radical (unpaired) electrons. The summed E-state index contributed by atoms with van der Waals surface area (Å²) < 4.78 is 18.1. The predicted molar refractivity (Wildman–Crippen MR) is 108 cm³/mol. The average molecular weight is 399 g/mol. The lowest BCUT2D eigenvalue weighted by Gasteiger charge is -2.31. The minimum Gasteiger partial charge on any atom is -0.507 e. The molecule has 0 amide bonds. The number of Topliss-reactive ketones (excluding diaryl/α,β-unsaturated/α-hetero) is 2. The summed E-state index contributed by atoms with van der Waals surface area (Å²) in [6.45, 7) is 2.38. The Morgan fingerprint density at radius 1 is 1.14 bits per heavy atom. The number of phenolic OH excluding ortho intramolecular Hbond substituents is 1. The molecule has 0 unspecified atom stereocenters. The summed E-state index contributed by atoms with van der Waals surface area (Å²) >= 11 is 0. The summed E-state index contributed by atoms with van der Waals surface area (Å²) in [7, 11) is 1.52. The van der Waals surface area contributed by atoms with E-state index in [1.807, 2.05) is 0 Å². The number of likely N-dealkylation sites (tertiary alicyclic amines) is 1. The molecule has 0 saturated carbocycles. The van der Waals surface area contributed by atoms with E-state index in [-0.39, 0.29) is 34.6 Å². The van der Waals surface area contributed by atoms with Crippen molar-refractivity contribution < 1.29 is 23.8 Å². The molecule has 154 valence electrons. The molecule has 29 heavy (non-hydrogen) atoms. The van der Waals surface area contributed by atoms with Gasteiger partial charge in [0.05, 0.1) is 12.7 Å². The maximum Gasteiger partial charge on any atom is 0.166 e. The van der Waals surface area contributed by atoms with Crippen LogP contribution in [0, 0.1) is 11.7 Å². The van der Waals surface area contributed by atoms with E-state index >= 15 is 0 Å². The molecule has 1 heterocycles. The van der Waals surface area contributed by atoms with Gasteiger partial charge in [-0.3, -0.25) is 9.59 Å². The third-order valence-electron chi connectivity index (χ3n) is 5.47. The average Bonchev–Trinajstić information content (AvgIpc) is 2.74.